The number of nitrogens with two attached hydrogens (primary N) is 1. The van der Waals surface area contributed by atoms with E-state index < -0.39 is 23.3 Å². The molecule has 0 atom stereocenters. The summed E-state index contributed by atoms with van der Waals surface area (Å²) in [6, 6.07) is 2.85. The maximum atomic E-state index is 14.7. The minimum atomic E-state index is -1.39. The molecule has 0 saturated carbocycles. The van der Waals surface area contributed by atoms with Gasteiger partial charge in [-0.2, -0.15) is 0 Å². The molecule has 6 nitrogen and oxygen atoms in total. The van der Waals surface area contributed by atoms with E-state index in [4.69, 9.17) is 22.7 Å². The molecule has 0 spiro atoms. The van der Waals surface area contributed by atoms with Gasteiger partial charge >= 0.3 is 5.97 Å². The van der Waals surface area contributed by atoms with Crippen LogP contribution in [0.5, 0.6) is 0 Å². The van der Waals surface area contributed by atoms with Crippen molar-refractivity contribution in [3.05, 3.63) is 59.0 Å². The lowest BCUT2D eigenvalue weighted by Crippen LogP contribution is -2.26. The molecular formula is C16H18ClFN4O2. The van der Waals surface area contributed by atoms with Gasteiger partial charge in [-0.1, -0.05) is 30.8 Å². The number of rotatable bonds is 7. The first-order chi connectivity index (χ1) is 11.1. The molecule has 0 unspecified atom stereocenters. The molecule has 0 radical (unpaired) electrons. The van der Waals surface area contributed by atoms with Crippen molar-refractivity contribution in [1.82, 2.24) is 5.32 Å². The molecule has 1 aromatic carbocycles. The van der Waals surface area contributed by atoms with Gasteiger partial charge < -0.3 is 21.1 Å². The van der Waals surface area contributed by atoms with Gasteiger partial charge in [-0.15, -0.1) is 0 Å². The first-order valence-corrected chi connectivity index (χ1v) is 7.05. The van der Waals surface area contributed by atoms with Crippen LogP contribution in [0.15, 0.2) is 42.6 Å². The Hall–Kier alpha value is -2.80. The van der Waals surface area contributed by atoms with Crippen LogP contribution in [-0.4, -0.2) is 31.0 Å². The van der Waals surface area contributed by atoms with Crippen molar-refractivity contribution in [2.75, 3.05) is 19.0 Å². The largest absolute Gasteiger partial charge is 0.477 e. The van der Waals surface area contributed by atoms with Crippen molar-refractivity contribution < 1.29 is 14.3 Å². The van der Waals surface area contributed by atoms with Crippen LogP contribution in [0, 0.1) is 11.2 Å². The highest BCUT2D eigenvalue weighted by Gasteiger charge is 2.20. The number of hydrogen-bond donors (Lipinski definition) is 4. The van der Waals surface area contributed by atoms with Crippen LogP contribution in [-0.2, 0) is 4.79 Å². The van der Waals surface area contributed by atoms with E-state index in [2.05, 4.69) is 18.5 Å². The summed E-state index contributed by atoms with van der Waals surface area (Å²) in [7, 11) is 3.25. The SMILES string of the molecule is C=CC(C(=N)N)=C(NC(=C)c1ccc(Cl)c(N(C)C)c1F)C(=O)O. The van der Waals surface area contributed by atoms with Crippen molar-refractivity contribution in [2.24, 2.45) is 5.73 Å². The Balaban J connectivity index is 3.38. The third-order valence-corrected chi connectivity index (χ3v) is 3.40. The standard InChI is InChI=1S/C16H18ClFN4O2/c1-5-9(15(19)20)13(16(23)24)21-8(2)10-6-7-11(17)14(12(10)18)22(3)4/h5-7,21H,1-2H2,3-4H3,(H3,19,20)(H,23,24). The van der Waals surface area contributed by atoms with Crippen molar-refractivity contribution in [3.8, 4) is 0 Å². The highest BCUT2D eigenvalue weighted by molar-refractivity contribution is 6.33. The number of carbonyl (C=O) groups is 1. The van der Waals surface area contributed by atoms with Crippen LogP contribution >= 0.6 is 11.6 Å². The highest BCUT2D eigenvalue weighted by atomic mass is 35.5. The smallest absolute Gasteiger partial charge is 0.353 e. The fourth-order valence-electron chi connectivity index (χ4n) is 1.98. The molecule has 1 aromatic rings. The summed E-state index contributed by atoms with van der Waals surface area (Å²) >= 11 is 5.98. The van der Waals surface area contributed by atoms with E-state index in [-0.39, 0.29) is 27.5 Å². The van der Waals surface area contributed by atoms with Gasteiger partial charge in [0, 0.05) is 30.9 Å². The number of amidine groups is 1. The maximum absolute atomic E-state index is 14.7. The molecular weight excluding hydrogens is 335 g/mol. The number of anilines is 1. The monoisotopic (exact) mass is 352 g/mol. The molecule has 0 heterocycles. The zero-order chi connectivity index (χ0) is 18.6. The summed E-state index contributed by atoms with van der Waals surface area (Å²) in [6.07, 6.45) is 1.12. The van der Waals surface area contributed by atoms with Crippen molar-refractivity contribution in [3.63, 3.8) is 0 Å². The Morgan fingerprint density at radius 1 is 1.50 bits per heavy atom. The van der Waals surface area contributed by atoms with Gasteiger partial charge in [0.25, 0.3) is 0 Å². The van der Waals surface area contributed by atoms with Crippen LogP contribution in [0.25, 0.3) is 5.70 Å². The Labute approximate surface area is 144 Å². The summed E-state index contributed by atoms with van der Waals surface area (Å²) in [5, 5.41) is 19.4. The van der Waals surface area contributed by atoms with Gasteiger partial charge in [0.2, 0.25) is 0 Å². The number of hydrogen-bond acceptors (Lipinski definition) is 4. The molecule has 0 aliphatic heterocycles. The summed E-state index contributed by atoms with van der Waals surface area (Å²) in [4.78, 5) is 12.9. The van der Waals surface area contributed by atoms with Crippen LogP contribution in [0.3, 0.4) is 0 Å². The molecule has 0 amide bonds. The maximum Gasteiger partial charge on any atom is 0.353 e. The van der Waals surface area contributed by atoms with E-state index in [9.17, 15) is 14.3 Å². The van der Waals surface area contributed by atoms with E-state index in [1.807, 2.05) is 0 Å². The normalized spacial score (nSPS) is 11.3. The molecule has 1 rings (SSSR count). The number of nitrogens with one attached hydrogen (secondary N) is 2. The molecule has 128 valence electrons. The van der Waals surface area contributed by atoms with Crippen molar-refractivity contribution in [2.45, 2.75) is 0 Å². The van der Waals surface area contributed by atoms with Crippen LogP contribution < -0.4 is 16.0 Å². The first-order valence-electron chi connectivity index (χ1n) is 6.67. The lowest BCUT2D eigenvalue weighted by Gasteiger charge is -2.19. The fraction of sp³-hybridized carbons (Fsp3) is 0.125. The summed E-state index contributed by atoms with van der Waals surface area (Å²) in [5.74, 6) is -2.53. The lowest BCUT2D eigenvalue weighted by molar-refractivity contribution is -0.133. The minimum Gasteiger partial charge on any atom is -0.477 e. The zero-order valence-corrected chi connectivity index (χ0v) is 14.0. The second-order valence-electron chi connectivity index (χ2n) is 4.97. The number of halogens is 2. The molecule has 5 N–H and O–H groups in total. The molecule has 0 aliphatic rings. The van der Waals surface area contributed by atoms with E-state index in [0.717, 1.165) is 6.08 Å². The van der Waals surface area contributed by atoms with E-state index in [1.54, 1.807) is 14.1 Å². The van der Waals surface area contributed by atoms with Gasteiger partial charge in [-0.25, -0.2) is 9.18 Å². The second kappa shape index (κ2) is 7.65. The number of carboxylic acids is 1. The summed E-state index contributed by atoms with van der Waals surface area (Å²) in [5.41, 5.74) is 4.94. The predicted molar refractivity (Wildman–Crippen MR) is 94.7 cm³/mol. The number of nitrogens with zero attached hydrogens (tertiary/aromatic N) is 1. The van der Waals surface area contributed by atoms with Gasteiger partial charge in [0.05, 0.1) is 10.7 Å². The van der Waals surface area contributed by atoms with E-state index in [1.165, 1.54) is 17.0 Å². The van der Waals surface area contributed by atoms with Crippen LogP contribution in [0.1, 0.15) is 5.56 Å². The summed E-state index contributed by atoms with van der Waals surface area (Å²) in [6.45, 7) is 7.08. The second-order valence-corrected chi connectivity index (χ2v) is 5.37. The minimum absolute atomic E-state index is 0.0229. The predicted octanol–water partition coefficient (Wildman–Crippen LogP) is 2.57. The number of aliphatic carboxylic acids is 1. The molecule has 0 fully saturated rings. The Bertz CT molecular complexity index is 757. The third kappa shape index (κ3) is 3.94. The zero-order valence-electron chi connectivity index (χ0n) is 13.3. The molecule has 0 aromatic heterocycles. The Kier molecular flexibility index (Phi) is 6.13. The topological polar surface area (TPSA) is 102 Å². The summed E-state index contributed by atoms with van der Waals surface area (Å²) < 4.78 is 14.7. The number of carboxylic acid groups (broad SMARTS) is 1. The molecule has 8 heteroatoms. The van der Waals surface area contributed by atoms with Crippen LogP contribution in [0.4, 0.5) is 10.1 Å². The average molecular weight is 353 g/mol. The quantitative estimate of drug-likeness (QED) is 0.261. The molecule has 24 heavy (non-hydrogen) atoms. The molecule has 0 aliphatic carbocycles. The molecule has 0 saturated heterocycles. The van der Waals surface area contributed by atoms with E-state index in [0.29, 0.717) is 0 Å². The Morgan fingerprint density at radius 2 is 2.08 bits per heavy atom. The van der Waals surface area contributed by atoms with Gasteiger partial charge in [0.15, 0.2) is 5.82 Å². The highest BCUT2D eigenvalue weighted by Crippen LogP contribution is 2.32. The lowest BCUT2D eigenvalue weighted by atomic mass is 10.1. The average Bonchev–Trinajstić information content (AvgIpc) is 2.45. The van der Waals surface area contributed by atoms with Gasteiger partial charge in [-0.3, -0.25) is 5.41 Å². The number of benzene rings is 1. The third-order valence-electron chi connectivity index (χ3n) is 3.09. The van der Waals surface area contributed by atoms with Crippen molar-refractivity contribution in [1.29, 1.82) is 5.41 Å². The molecule has 0 bridgehead atoms. The van der Waals surface area contributed by atoms with Crippen LogP contribution in [0.2, 0.25) is 5.02 Å². The fourth-order valence-corrected chi connectivity index (χ4v) is 2.30. The Morgan fingerprint density at radius 3 is 2.50 bits per heavy atom. The van der Waals surface area contributed by atoms with Gasteiger partial charge in [0.1, 0.15) is 11.5 Å². The van der Waals surface area contributed by atoms with Gasteiger partial charge in [-0.05, 0) is 12.1 Å². The van der Waals surface area contributed by atoms with E-state index >= 15 is 0 Å². The van der Waals surface area contributed by atoms with Crippen molar-refractivity contribution >= 4 is 34.8 Å². The first kappa shape index (κ1) is 19.2.